The number of benzene rings is 5. The number of aliphatic hydroxyl groups excluding tert-OH is 1. The van der Waals surface area contributed by atoms with Gasteiger partial charge in [-0.25, -0.2) is 0 Å². The first-order chi connectivity index (χ1) is 39.9. The number of ether oxygens (including phenoxy) is 9. The Morgan fingerprint density at radius 2 is 0.867 bits per heavy atom. The quantitative estimate of drug-likeness (QED) is 0.0283. The monoisotopic (exact) mass is 1150 g/mol. The Kier molecular flexibility index (Phi) is 37.4. The van der Waals surface area contributed by atoms with Crippen molar-refractivity contribution in [2.24, 2.45) is 0 Å². The molecule has 0 fully saturated rings. The molecular formula is C66H88O17. The molecule has 5 aromatic rings. The molecule has 0 aliphatic heterocycles. The molecule has 2 N–H and O–H groups in total. The first-order valence-electron chi connectivity index (χ1n) is 27.5. The van der Waals surface area contributed by atoms with E-state index in [0.29, 0.717) is 87.7 Å². The molecule has 0 saturated carbocycles. The van der Waals surface area contributed by atoms with E-state index in [1.54, 1.807) is 40.6 Å². The van der Waals surface area contributed by atoms with Crippen molar-refractivity contribution >= 4 is 41.7 Å². The van der Waals surface area contributed by atoms with Gasteiger partial charge in [0.1, 0.15) is 28.7 Å². The van der Waals surface area contributed by atoms with Crippen molar-refractivity contribution in [1.29, 1.82) is 0 Å². The van der Waals surface area contributed by atoms with E-state index in [9.17, 15) is 33.9 Å². The maximum atomic E-state index is 11.8. The number of esters is 4. The SMILES string of the molecule is C/C=C/c1cc(CCC(=O)OC)ccc1OC.CCC(=O)c1cc(CCC(=O)OC)ccc1OC.CCC(O)c1cc(CCC(=O)OC)ccc1OC.CCCc1cc(CCC(=O)O)ccc1OC.COC(=O)CCc1ccc(OC)cc1. The van der Waals surface area contributed by atoms with Crippen LogP contribution in [0.1, 0.15) is 140 Å². The number of aryl methyl sites for hydroxylation is 6. The van der Waals surface area contributed by atoms with E-state index in [0.717, 1.165) is 74.6 Å². The van der Waals surface area contributed by atoms with Gasteiger partial charge in [0.2, 0.25) is 0 Å². The molecule has 454 valence electrons. The topological polar surface area (TPSA) is 226 Å². The van der Waals surface area contributed by atoms with Crippen LogP contribution < -0.4 is 23.7 Å². The average molecular weight is 1150 g/mol. The number of aliphatic hydroxyl groups is 1. The Labute approximate surface area is 491 Å². The summed E-state index contributed by atoms with van der Waals surface area (Å²) in [5.74, 6) is 2.22. The second kappa shape index (κ2) is 42.6. The number of aliphatic carboxylic acids is 1. The lowest BCUT2D eigenvalue weighted by molar-refractivity contribution is -0.141. The van der Waals surface area contributed by atoms with E-state index >= 15 is 0 Å². The summed E-state index contributed by atoms with van der Waals surface area (Å²) in [5, 5.41) is 18.5. The Morgan fingerprint density at radius 3 is 1.29 bits per heavy atom. The zero-order valence-corrected chi connectivity index (χ0v) is 50.9. The van der Waals surface area contributed by atoms with Gasteiger partial charge in [0.25, 0.3) is 0 Å². The predicted octanol–water partition coefficient (Wildman–Crippen LogP) is 11.9. The van der Waals surface area contributed by atoms with E-state index in [2.05, 4.69) is 25.9 Å². The summed E-state index contributed by atoms with van der Waals surface area (Å²) < 4.78 is 44.3. The minimum atomic E-state index is -0.757. The molecule has 0 radical (unpaired) electrons. The van der Waals surface area contributed by atoms with Gasteiger partial charge in [-0.3, -0.25) is 28.8 Å². The second-order valence-electron chi connectivity index (χ2n) is 18.3. The molecule has 1 atom stereocenters. The Morgan fingerprint density at radius 1 is 0.458 bits per heavy atom. The molecule has 0 saturated heterocycles. The molecule has 0 aromatic heterocycles. The molecule has 17 nitrogen and oxygen atoms in total. The van der Waals surface area contributed by atoms with Crippen LogP contribution in [0.2, 0.25) is 0 Å². The van der Waals surface area contributed by atoms with Crippen molar-refractivity contribution < 1.29 is 81.6 Å². The van der Waals surface area contributed by atoms with Crippen LogP contribution in [0.4, 0.5) is 0 Å². The van der Waals surface area contributed by atoms with Crippen LogP contribution in [-0.2, 0) is 81.4 Å². The number of hydrogen-bond acceptors (Lipinski definition) is 16. The first kappa shape index (κ1) is 72.8. The fraction of sp³-hybridized carbons (Fsp3) is 0.424. The Hall–Kier alpha value is -8.18. The van der Waals surface area contributed by atoms with E-state index < -0.39 is 12.1 Å². The van der Waals surface area contributed by atoms with Gasteiger partial charge in [-0.05, 0) is 140 Å². The molecular weight excluding hydrogens is 1060 g/mol. The van der Waals surface area contributed by atoms with Crippen LogP contribution in [-0.4, -0.2) is 110 Å². The van der Waals surface area contributed by atoms with Gasteiger partial charge in [-0.2, -0.15) is 0 Å². The molecule has 1 unspecified atom stereocenters. The van der Waals surface area contributed by atoms with Gasteiger partial charge in [0.05, 0.1) is 75.7 Å². The molecule has 17 heteroatoms. The summed E-state index contributed by atoms with van der Waals surface area (Å²) in [5.41, 5.74) is 8.71. The largest absolute Gasteiger partial charge is 0.497 e. The highest BCUT2D eigenvalue weighted by Gasteiger charge is 2.15. The summed E-state index contributed by atoms with van der Waals surface area (Å²) in [4.78, 5) is 66.3. The van der Waals surface area contributed by atoms with Gasteiger partial charge >= 0.3 is 29.8 Å². The molecule has 0 aliphatic carbocycles. The maximum Gasteiger partial charge on any atom is 0.305 e. The van der Waals surface area contributed by atoms with Crippen molar-refractivity contribution in [3.05, 3.63) is 153 Å². The van der Waals surface area contributed by atoms with Gasteiger partial charge < -0.3 is 52.8 Å². The summed E-state index contributed by atoms with van der Waals surface area (Å²) >= 11 is 0. The molecule has 83 heavy (non-hydrogen) atoms. The first-order valence-corrected chi connectivity index (χ1v) is 27.5. The fourth-order valence-corrected chi connectivity index (χ4v) is 7.88. The number of carboxylic acids is 1. The summed E-state index contributed by atoms with van der Waals surface area (Å²) in [7, 11) is 13.6. The zero-order valence-electron chi connectivity index (χ0n) is 50.9. The van der Waals surface area contributed by atoms with Crippen LogP contribution in [0, 0.1) is 0 Å². The van der Waals surface area contributed by atoms with Crippen molar-refractivity contribution in [2.75, 3.05) is 64.0 Å². The number of hydrogen-bond donors (Lipinski definition) is 2. The summed E-state index contributed by atoms with van der Waals surface area (Å²) in [6, 6.07) is 30.5. The highest BCUT2D eigenvalue weighted by molar-refractivity contribution is 5.98. The highest BCUT2D eigenvalue weighted by atomic mass is 16.5. The third-order valence-electron chi connectivity index (χ3n) is 12.6. The molecule has 5 rings (SSSR count). The van der Waals surface area contributed by atoms with Crippen molar-refractivity contribution in [3.8, 4) is 28.7 Å². The van der Waals surface area contributed by atoms with Crippen LogP contribution >= 0.6 is 0 Å². The third kappa shape index (κ3) is 28.9. The van der Waals surface area contributed by atoms with E-state index in [1.165, 1.54) is 35.5 Å². The van der Waals surface area contributed by atoms with Crippen molar-refractivity contribution in [1.82, 2.24) is 0 Å². The number of Topliss-reactive ketones (excluding diaryl/α,β-unsaturated/α-hetero) is 1. The lowest BCUT2D eigenvalue weighted by Crippen LogP contribution is -2.04. The van der Waals surface area contributed by atoms with E-state index in [-0.39, 0.29) is 36.1 Å². The number of rotatable bonds is 27. The van der Waals surface area contributed by atoms with E-state index in [1.807, 2.05) is 118 Å². The van der Waals surface area contributed by atoms with E-state index in [4.69, 9.17) is 28.8 Å². The molecule has 0 amide bonds. The third-order valence-corrected chi connectivity index (χ3v) is 12.6. The molecule has 5 aromatic carbocycles. The molecule has 0 heterocycles. The standard InChI is InChI=1S/C14H20O4.C14H18O4.C14H18O3.C13H18O3.C11H14O3/c2*1-4-12(15)11-9-10(5-7-13(11)17-2)6-8-14(16)18-3;1-4-5-12-10-11(6-8-13(12)16-2)7-9-14(15)17-3;1-3-4-11-9-10(6-8-13(14)15)5-7-12(11)16-2;1-13-10-6-3-9(4-7-10)5-8-11(12)14-2/h5,7,9,12,15H,4,6,8H2,1-3H3;5,7,9H,4,6,8H2,1-3H3;4-6,8,10H,7,9H2,1-3H3;5,7,9H,3-4,6,8H2,1-2H3,(H,14,15);3-4,6-7H,5,8H2,1-2H3/b;;5-4+;;. The summed E-state index contributed by atoms with van der Waals surface area (Å²) in [6.07, 6.45) is 11.2. The highest BCUT2D eigenvalue weighted by Crippen LogP contribution is 2.29. The smallest absolute Gasteiger partial charge is 0.305 e. The molecule has 0 aliphatic rings. The average Bonchev–Trinajstić information content (AvgIpc) is 3.62. The lowest BCUT2D eigenvalue weighted by atomic mass is 10.0. The molecule has 0 spiro atoms. The summed E-state index contributed by atoms with van der Waals surface area (Å²) in [6.45, 7) is 7.79. The van der Waals surface area contributed by atoms with Gasteiger partial charge in [-0.15, -0.1) is 0 Å². The fourth-order valence-electron chi connectivity index (χ4n) is 7.88. The second-order valence-corrected chi connectivity index (χ2v) is 18.3. The minimum absolute atomic E-state index is 0.0340. The number of carbonyl (C=O) groups excluding carboxylic acids is 5. The van der Waals surface area contributed by atoms with Gasteiger partial charge in [0, 0.05) is 49.7 Å². The van der Waals surface area contributed by atoms with Crippen LogP contribution in [0.3, 0.4) is 0 Å². The lowest BCUT2D eigenvalue weighted by Gasteiger charge is -2.14. The zero-order chi connectivity index (χ0) is 62.1. The molecule has 0 bridgehead atoms. The van der Waals surface area contributed by atoms with Crippen LogP contribution in [0.5, 0.6) is 28.7 Å². The number of carboxylic acid groups (broad SMARTS) is 1. The Balaban J connectivity index is 0.000000520. The van der Waals surface area contributed by atoms with Crippen LogP contribution in [0.15, 0.2) is 103 Å². The Bertz CT molecular complexity index is 2760. The number of carbonyl (C=O) groups is 6. The van der Waals surface area contributed by atoms with Gasteiger partial charge in [0.15, 0.2) is 5.78 Å². The predicted molar refractivity (Wildman–Crippen MR) is 321 cm³/mol. The number of ketones is 1. The number of methoxy groups -OCH3 is 9. The normalized spacial score (nSPS) is 10.5. The van der Waals surface area contributed by atoms with Crippen molar-refractivity contribution in [3.63, 3.8) is 0 Å². The number of allylic oxidation sites excluding steroid dienone is 1. The maximum absolute atomic E-state index is 11.8. The van der Waals surface area contributed by atoms with Gasteiger partial charge in [-0.1, -0.05) is 81.8 Å². The van der Waals surface area contributed by atoms with Crippen molar-refractivity contribution in [2.45, 2.75) is 124 Å². The van der Waals surface area contributed by atoms with Crippen LogP contribution in [0.25, 0.3) is 6.08 Å². The minimum Gasteiger partial charge on any atom is -0.497 e.